The summed E-state index contributed by atoms with van der Waals surface area (Å²) in [5, 5.41) is 9.73. The van der Waals surface area contributed by atoms with Crippen LogP contribution in [-0.2, 0) is 16.0 Å². The second-order valence-corrected chi connectivity index (χ2v) is 5.79. The SMILES string of the molecule is O=C1CC(NCCc2ncn[nH]2)C(=O)N1C1CCCCC1. The number of hydrogen-bond acceptors (Lipinski definition) is 5. The number of nitrogens with one attached hydrogen (secondary N) is 2. The number of nitrogens with zero attached hydrogens (tertiary/aromatic N) is 3. The van der Waals surface area contributed by atoms with E-state index in [0.717, 1.165) is 31.5 Å². The third-order valence-electron chi connectivity index (χ3n) is 4.34. The molecule has 2 N–H and O–H groups in total. The molecule has 3 rings (SSSR count). The van der Waals surface area contributed by atoms with Gasteiger partial charge < -0.3 is 5.32 Å². The summed E-state index contributed by atoms with van der Waals surface area (Å²) in [6.07, 6.45) is 7.78. The van der Waals surface area contributed by atoms with Crippen molar-refractivity contribution in [1.82, 2.24) is 25.4 Å². The standard InChI is InChI=1S/C14H21N5O2/c20-13-8-11(15-7-6-12-16-9-17-18-12)14(21)19(13)10-4-2-1-3-5-10/h9-11,15H,1-8H2,(H,16,17,18). The van der Waals surface area contributed by atoms with E-state index in [9.17, 15) is 9.59 Å². The molecular formula is C14H21N5O2. The third kappa shape index (κ3) is 3.12. The minimum Gasteiger partial charge on any atom is -0.305 e. The van der Waals surface area contributed by atoms with Gasteiger partial charge in [-0.3, -0.25) is 19.6 Å². The molecule has 1 aliphatic carbocycles. The second kappa shape index (κ2) is 6.34. The van der Waals surface area contributed by atoms with Gasteiger partial charge in [0.25, 0.3) is 0 Å². The van der Waals surface area contributed by atoms with E-state index < -0.39 is 0 Å². The van der Waals surface area contributed by atoms with Crippen LogP contribution in [0.4, 0.5) is 0 Å². The van der Waals surface area contributed by atoms with Crippen molar-refractivity contribution in [1.29, 1.82) is 0 Å². The molecule has 0 radical (unpaired) electrons. The van der Waals surface area contributed by atoms with Gasteiger partial charge in [0.1, 0.15) is 12.2 Å². The Morgan fingerprint density at radius 1 is 1.29 bits per heavy atom. The van der Waals surface area contributed by atoms with E-state index in [0.29, 0.717) is 13.0 Å². The molecule has 1 saturated carbocycles. The average Bonchev–Trinajstić information content (AvgIpc) is 3.09. The smallest absolute Gasteiger partial charge is 0.247 e. The first-order chi connectivity index (χ1) is 10.3. The molecule has 1 unspecified atom stereocenters. The maximum atomic E-state index is 12.4. The van der Waals surface area contributed by atoms with Crippen LogP contribution in [0.25, 0.3) is 0 Å². The van der Waals surface area contributed by atoms with E-state index in [4.69, 9.17) is 0 Å². The highest BCUT2D eigenvalue weighted by molar-refractivity contribution is 6.05. The van der Waals surface area contributed by atoms with E-state index in [1.54, 1.807) is 0 Å². The van der Waals surface area contributed by atoms with Crippen LogP contribution >= 0.6 is 0 Å². The number of imide groups is 1. The first kappa shape index (κ1) is 14.2. The summed E-state index contributed by atoms with van der Waals surface area (Å²) in [5.41, 5.74) is 0. The van der Waals surface area contributed by atoms with Gasteiger partial charge in [-0.2, -0.15) is 5.10 Å². The van der Waals surface area contributed by atoms with E-state index >= 15 is 0 Å². The molecule has 1 aliphatic heterocycles. The maximum absolute atomic E-state index is 12.4. The Kier molecular flexibility index (Phi) is 4.28. The highest BCUT2D eigenvalue weighted by Gasteiger charge is 2.42. The van der Waals surface area contributed by atoms with Gasteiger partial charge >= 0.3 is 0 Å². The largest absolute Gasteiger partial charge is 0.305 e. The van der Waals surface area contributed by atoms with Gasteiger partial charge in [-0.1, -0.05) is 19.3 Å². The minimum absolute atomic E-state index is 0.0240. The fourth-order valence-electron chi connectivity index (χ4n) is 3.25. The molecule has 1 aromatic heterocycles. The Bertz CT molecular complexity index is 495. The number of carbonyl (C=O) groups is 2. The van der Waals surface area contributed by atoms with E-state index in [1.165, 1.54) is 17.6 Å². The van der Waals surface area contributed by atoms with Gasteiger partial charge in [0.2, 0.25) is 11.8 Å². The van der Waals surface area contributed by atoms with Crippen LogP contribution in [-0.4, -0.2) is 50.5 Å². The quantitative estimate of drug-likeness (QED) is 0.766. The Balaban J connectivity index is 1.53. The van der Waals surface area contributed by atoms with Crippen LogP contribution in [0.1, 0.15) is 44.3 Å². The fraction of sp³-hybridized carbons (Fsp3) is 0.714. The zero-order chi connectivity index (χ0) is 14.7. The van der Waals surface area contributed by atoms with Crippen molar-refractivity contribution in [2.75, 3.05) is 6.54 Å². The number of likely N-dealkylation sites (tertiary alicyclic amines) is 1. The van der Waals surface area contributed by atoms with Crippen LogP contribution in [0.5, 0.6) is 0 Å². The van der Waals surface area contributed by atoms with Crippen molar-refractivity contribution in [2.45, 2.75) is 57.0 Å². The number of aromatic amines is 1. The summed E-state index contributed by atoms with van der Waals surface area (Å²) in [7, 11) is 0. The molecule has 0 aromatic carbocycles. The van der Waals surface area contributed by atoms with Crippen LogP contribution in [0.2, 0.25) is 0 Å². The number of carbonyl (C=O) groups excluding carboxylic acids is 2. The lowest BCUT2D eigenvalue weighted by Crippen LogP contribution is -2.45. The number of rotatable bonds is 5. The monoisotopic (exact) mass is 291 g/mol. The first-order valence-corrected chi connectivity index (χ1v) is 7.69. The van der Waals surface area contributed by atoms with E-state index in [-0.39, 0.29) is 30.3 Å². The van der Waals surface area contributed by atoms with Crippen LogP contribution in [0.15, 0.2) is 6.33 Å². The molecule has 0 spiro atoms. The van der Waals surface area contributed by atoms with Crippen molar-refractivity contribution >= 4 is 11.8 Å². The number of aromatic nitrogens is 3. The molecule has 114 valence electrons. The van der Waals surface area contributed by atoms with Crippen molar-refractivity contribution in [3.8, 4) is 0 Å². The van der Waals surface area contributed by atoms with Crippen molar-refractivity contribution in [3.63, 3.8) is 0 Å². The van der Waals surface area contributed by atoms with E-state index in [2.05, 4.69) is 20.5 Å². The molecule has 1 aromatic rings. The predicted molar refractivity (Wildman–Crippen MR) is 75.2 cm³/mol. The lowest BCUT2D eigenvalue weighted by atomic mass is 9.94. The Hall–Kier alpha value is -1.76. The number of H-pyrrole nitrogens is 1. The lowest BCUT2D eigenvalue weighted by Gasteiger charge is -2.29. The Labute approximate surface area is 123 Å². The molecule has 1 saturated heterocycles. The first-order valence-electron chi connectivity index (χ1n) is 7.69. The summed E-state index contributed by atoms with van der Waals surface area (Å²) < 4.78 is 0. The molecule has 0 bridgehead atoms. The van der Waals surface area contributed by atoms with Gasteiger partial charge in [-0.25, -0.2) is 4.98 Å². The molecule has 2 heterocycles. The van der Waals surface area contributed by atoms with Crippen molar-refractivity contribution in [2.24, 2.45) is 0 Å². The summed E-state index contributed by atoms with van der Waals surface area (Å²) in [6, 6.07) is -0.248. The maximum Gasteiger partial charge on any atom is 0.247 e. The van der Waals surface area contributed by atoms with Crippen molar-refractivity contribution < 1.29 is 9.59 Å². The summed E-state index contributed by atoms with van der Waals surface area (Å²) in [5.74, 6) is 0.706. The van der Waals surface area contributed by atoms with Gasteiger partial charge in [0, 0.05) is 19.0 Å². The molecular weight excluding hydrogens is 270 g/mol. The van der Waals surface area contributed by atoms with Gasteiger partial charge in [0.15, 0.2) is 0 Å². The number of amides is 2. The second-order valence-electron chi connectivity index (χ2n) is 5.79. The van der Waals surface area contributed by atoms with Crippen LogP contribution < -0.4 is 5.32 Å². The molecule has 1 atom stereocenters. The molecule has 21 heavy (non-hydrogen) atoms. The van der Waals surface area contributed by atoms with Gasteiger partial charge in [-0.15, -0.1) is 0 Å². The third-order valence-corrected chi connectivity index (χ3v) is 4.34. The summed E-state index contributed by atoms with van der Waals surface area (Å²) in [4.78, 5) is 30.1. The zero-order valence-electron chi connectivity index (χ0n) is 12.0. The molecule has 2 amide bonds. The zero-order valence-corrected chi connectivity index (χ0v) is 12.0. The van der Waals surface area contributed by atoms with E-state index in [1.807, 2.05) is 0 Å². The van der Waals surface area contributed by atoms with Gasteiger partial charge in [-0.05, 0) is 12.8 Å². The summed E-state index contributed by atoms with van der Waals surface area (Å²) in [6.45, 7) is 0.609. The average molecular weight is 291 g/mol. The molecule has 2 aliphatic rings. The molecule has 7 nitrogen and oxygen atoms in total. The summed E-state index contributed by atoms with van der Waals surface area (Å²) >= 11 is 0. The number of hydrogen-bond donors (Lipinski definition) is 2. The predicted octanol–water partition coefficient (Wildman–Crippen LogP) is 0.397. The van der Waals surface area contributed by atoms with Crippen molar-refractivity contribution in [3.05, 3.63) is 12.2 Å². The highest BCUT2D eigenvalue weighted by Crippen LogP contribution is 2.27. The molecule has 7 heteroatoms. The lowest BCUT2D eigenvalue weighted by molar-refractivity contribution is -0.142. The highest BCUT2D eigenvalue weighted by atomic mass is 16.2. The van der Waals surface area contributed by atoms with Gasteiger partial charge in [0.05, 0.1) is 12.5 Å². The Morgan fingerprint density at radius 3 is 2.81 bits per heavy atom. The molecule has 2 fully saturated rings. The fourth-order valence-corrected chi connectivity index (χ4v) is 3.25. The van der Waals surface area contributed by atoms with Crippen LogP contribution in [0, 0.1) is 0 Å². The topological polar surface area (TPSA) is 91.0 Å². The van der Waals surface area contributed by atoms with Crippen LogP contribution in [0.3, 0.4) is 0 Å². The Morgan fingerprint density at radius 2 is 2.10 bits per heavy atom. The minimum atomic E-state index is -0.373. The normalized spacial score (nSPS) is 24.0.